The molecule has 0 bridgehead atoms. The Morgan fingerprint density at radius 3 is 2.65 bits per heavy atom. The first-order valence-corrected chi connectivity index (χ1v) is 6.18. The molecule has 0 saturated carbocycles. The van der Waals surface area contributed by atoms with Crippen LogP contribution >= 0.6 is 0 Å². The van der Waals surface area contributed by atoms with Crippen LogP contribution in [0, 0.1) is 0 Å². The van der Waals surface area contributed by atoms with Gasteiger partial charge in [-0.15, -0.1) is 0 Å². The summed E-state index contributed by atoms with van der Waals surface area (Å²) in [4.78, 5) is 16.4. The summed E-state index contributed by atoms with van der Waals surface area (Å²) in [6.07, 6.45) is 1.65. The number of carbonyl (C=O) groups is 1. The number of aromatic hydroxyl groups is 1. The lowest BCUT2D eigenvalue weighted by Gasteiger charge is -2.08. The summed E-state index contributed by atoms with van der Waals surface area (Å²) in [5.74, 6) is -0.416. The van der Waals surface area contributed by atoms with Gasteiger partial charge in [-0.05, 0) is 30.3 Å². The Morgan fingerprint density at radius 1 is 1.05 bits per heavy atom. The van der Waals surface area contributed by atoms with Gasteiger partial charge in [-0.25, -0.2) is 0 Å². The molecule has 0 fully saturated rings. The molecule has 1 aromatic heterocycles. The number of fused-ring (bicyclic) bond motifs is 1. The Morgan fingerprint density at radius 2 is 1.85 bits per heavy atom. The summed E-state index contributed by atoms with van der Waals surface area (Å²) in [5, 5.41) is 13.5. The van der Waals surface area contributed by atoms with Crippen LogP contribution in [0.5, 0.6) is 5.75 Å². The second-order valence-electron chi connectivity index (χ2n) is 4.39. The molecule has 4 heteroatoms. The fourth-order valence-electron chi connectivity index (χ4n) is 2.01. The minimum absolute atomic E-state index is 0.0565. The largest absolute Gasteiger partial charge is 0.507 e. The van der Waals surface area contributed by atoms with E-state index in [0.29, 0.717) is 11.2 Å². The van der Waals surface area contributed by atoms with E-state index in [1.54, 1.807) is 36.5 Å². The van der Waals surface area contributed by atoms with Crippen molar-refractivity contribution in [1.29, 1.82) is 0 Å². The molecule has 98 valence electrons. The van der Waals surface area contributed by atoms with Gasteiger partial charge in [0.05, 0.1) is 11.1 Å². The molecule has 2 N–H and O–H groups in total. The molecule has 0 aliphatic carbocycles. The lowest BCUT2D eigenvalue weighted by Crippen LogP contribution is -2.12. The van der Waals surface area contributed by atoms with Crippen LogP contribution in [-0.4, -0.2) is 16.0 Å². The fraction of sp³-hybridized carbons (Fsp3) is 0. The molecule has 0 saturated heterocycles. The van der Waals surface area contributed by atoms with E-state index in [-0.39, 0.29) is 17.2 Å². The van der Waals surface area contributed by atoms with Crippen molar-refractivity contribution < 1.29 is 9.90 Å². The van der Waals surface area contributed by atoms with E-state index >= 15 is 0 Å². The van der Waals surface area contributed by atoms with Crippen LogP contribution in [-0.2, 0) is 0 Å². The lowest BCUT2D eigenvalue weighted by atomic mass is 10.1. The number of amides is 1. The second-order valence-corrected chi connectivity index (χ2v) is 4.39. The summed E-state index contributed by atoms with van der Waals surface area (Å²) < 4.78 is 0. The van der Waals surface area contributed by atoms with E-state index in [4.69, 9.17) is 0 Å². The van der Waals surface area contributed by atoms with Crippen molar-refractivity contribution in [3.8, 4) is 5.75 Å². The highest BCUT2D eigenvalue weighted by Crippen LogP contribution is 2.24. The topological polar surface area (TPSA) is 62.2 Å². The highest BCUT2D eigenvalue weighted by atomic mass is 16.3. The third kappa shape index (κ3) is 2.31. The maximum atomic E-state index is 12.2. The third-order valence-corrected chi connectivity index (χ3v) is 3.00. The molecule has 2 aromatic carbocycles. The van der Waals surface area contributed by atoms with Crippen LogP contribution < -0.4 is 5.32 Å². The third-order valence-electron chi connectivity index (χ3n) is 3.00. The molecule has 1 amide bonds. The summed E-state index contributed by atoms with van der Waals surface area (Å²) >= 11 is 0. The van der Waals surface area contributed by atoms with Gasteiger partial charge in [-0.2, -0.15) is 0 Å². The van der Waals surface area contributed by atoms with Crippen LogP contribution in [0.25, 0.3) is 10.9 Å². The number of hydrogen-bond acceptors (Lipinski definition) is 3. The van der Waals surface area contributed by atoms with E-state index in [2.05, 4.69) is 10.3 Å². The number of hydrogen-bond donors (Lipinski definition) is 2. The molecule has 0 unspecified atom stereocenters. The number of rotatable bonds is 2. The molecule has 0 spiro atoms. The Kier molecular flexibility index (Phi) is 3.05. The first-order valence-electron chi connectivity index (χ1n) is 6.18. The minimum atomic E-state index is -0.360. The van der Waals surface area contributed by atoms with Crippen molar-refractivity contribution in [3.05, 3.63) is 66.4 Å². The number of para-hydroxylation sites is 1. The van der Waals surface area contributed by atoms with Crippen molar-refractivity contribution >= 4 is 22.5 Å². The highest BCUT2D eigenvalue weighted by Gasteiger charge is 2.13. The standard InChI is InChI=1S/C16H12N2O2/c19-15-9-11-5-4-8-17-14(11)10-13(15)16(20)18-12-6-2-1-3-7-12/h1-10,19H,(H,18,20). The van der Waals surface area contributed by atoms with Gasteiger partial charge in [0, 0.05) is 17.3 Å². The zero-order valence-electron chi connectivity index (χ0n) is 10.6. The van der Waals surface area contributed by atoms with Gasteiger partial charge in [0.25, 0.3) is 5.91 Å². The predicted molar refractivity (Wildman–Crippen MR) is 77.8 cm³/mol. The molecule has 3 rings (SSSR count). The Hall–Kier alpha value is -2.88. The summed E-state index contributed by atoms with van der Waals surface area (Å²) in [6, 6.07) is 15.8. The van der Waals surface area contributed by atoms with E-state index in [0.717, 1.165) is 5.39 Å². The Balaban J connectivity index is 1.97. The number of pyridine rings is 1. The van der Waals surface area contributed by atoms with Crippen molar-refractivity contribution in [2.45, 2.75) is 0 Å². The predicted octanol–water partition coefficient (Wildman–Crippen LogP) is 3.19. The normalized spacial score (nSPS) is 10.4. The number of phenolic OH excluding ortho intramolecular Hbond substituents is 1. The molecule has 0 aliphatic heterocycles. The molecule has 1 heterocycles. The maximum absolute atomic E-state index is 12.2. The molecule has 20 heavy (non-hydrogen) atoms. The monoisotopic (exact) mass is 264 g/mol. The van der Waals surface area contributed by atoms with E-state index in [1.807, 2.05) is 24.3 Å². The summed E-state index contributed by atoms with van der Waals surface area (Å²) in [6.45, 7) is 0. The number of benzene rings is 2. The smallest absolute Gasteiger partial charge is 0.259 e. The number of phenols is 1. The van der Waals surface area contributed by atoms with Crippen LogP contribution in [0.3, 0.4) is 0 Å². The molecular formula is C16H12N2O2. The van der Waals surface area contributed by atoms with Crippen LogP contribution in [0.15, 0.2) is 60.8 Å². The number of anilines is 1. The zero-order valence-corrected chi connectivity index (χ0v) is 10.6. The molecule has 3 aromatic rings. The molecule has 0 atom stereocenters. The molecule has 0 aliphatic rings. The SMILES string of the molecule is O=C(Nc1ccccc1)c1cc2ncccc2cc1O. The Bertz CT molecular complexity index is 770. The van der Waals surface area contributed by atoms with Crippen molar-refractivity contribution in [1.82, 2.24) is 4.98 Å². The Labute approximate surface area is 115 Å². The summed E-state index contributed by atoms with van der Waals surface area (Å²) in [5.41, 5.74) is 1.56. The van der Waals surface area contributed by atoms with Crippen molar-refractivity contribution in [2.75, 3.05) is 5.32 Å². The van der Waals surface area contributed by atoms with Crippen LogP contribution in [0.1, 0.15) is 10.4 Å². The minimum Gasteiger partial charge on any atom is -0.507 e. The van der Waals surface area contributed by atoms with Gasteiger partial charge >= 0.3 is 0 Å². The van der Waals surface area contributed by atoms with Gasteiger partial charge in [-0.3, -0.25) is 9.78 Å². The average Bonchev–Trinajstić information content (AvgIpc) is 2.47. The van der Waals surface area contributed by atoms with Crippen LogP contribution in [0.4, 0.5) is 5.69 Å². The quantitative estimate of drug-likeness (QED) is 0.747. The maximum Gasteiger partial charge on any atom is 0.259 e. The lowest BCUT2D eigenvalue weighted by molar-refractivity contribution is 0.102. The van der Waals surface area contributed by atoms with Crippen molar-refractivity contribution in [2.24, 2.45) is 0 Å². The van der Waals surface area contributed by atoms with Gasteiger partial charge in [0.15, 0.2) is 0 Å². The molecular weight excluding hydrogens is 252 g/mol. The number of carbonyl (C=O) groups excluding carboxylic acids is 1. The number of nitrogens with zero attached hydrogens (tertiary/aromatic N) is 1. The zero-order chi connectivity index (χ0) is 13.9. The highest BCUT2D eigenvalue weighted by molar-refractivity contribution is 6.08. The fourth-order valence-corrected chi connectivity index (χ4v) is 2.01. The average molecular weight is 264 g/mol. The number of aromatic nitrogens is 1. The van der Waals surface area contributed by atoms with Gasteiger partial charge in [0.2, 0.25) is 0 Å². The second kappa shape index (κ2) is 5.01. The molecule has 0 radical (unpaired) electrons. The van der Waals surface area contributed by atoms with Gasteiger partial charge in [0.1, 0.15) is 5.75 Å². The van der Waals surface area contributed by atoms with Crippen molar-refractivity contribution in [3.63, 3.8) is 0 Å². The number of nitrogens with one attached hydrogen (secondary N) is 1. The van der Waals surface area contributed by atoms with E-state index in [1.165, 1.54) is 0 Å². The summed E-state index contributed by atoms with van der Waals surface area (Å²) in [7, 11) is 0. The van der Waals surface area contributed by atoms with Gasteiger partial charge in [-0.1, -0.05) is 24.3 Å². The first-order chi connectivity index (χ1) is 9.74. The first kappa shape index (κ1) is 12.2. The van der Waals surface area contributed by atoms with E-state index < -0.39 is 0 Å². The molecule has 4 nitrogen and oxygen atoms in total. The van der Waals surface area contributed by atoms with Crippen LogP contribution in [0.2, 0.25) is 0 Å². The van der Waals surface area contributed by atoms with Gasteiger partial charge < -0.3 is 10.4 Å². The van der Waals surface area contributed by atoms with E-state index in [9.17, 15) is 9.90 Å².